The van der Waals surface area contributed by atoms with E-state index in [0.29, 0.717) is 5.92 Å². The Labute approximate surface area is 162 Å². The largest absolute Gasteiger partial charge is 0.493 e. The van der Waals surface area contributed by atoms with Crippen LogP contribution in [0.1, 0.15) is 44.1 Å². The van der Waals surface area contributed by atoms with Crippen molar-refractivity contribution in [2.75, 3.05) is 32.8 Å². The number of hydrogen-bond acceptors (Lipinski definition) is 4. The number of rotatable bonds is 8. The van der Waals surface area contributed by atoms with Crippen LogP contribution in [0.2, 0.25) is 0 Å². The molecule has 0 aromatic heterocycles. The van der Waals surface area contributed by atoms with Gasteiger partial charge in [-0.05, 0) is 81.1 Å². The van der Waals surface area contributed by atoms with E-state index in [0.717, 1.165) is 63.8 Å². The number of hydrogen-bond donors (Lipinski definition) is 2. The zero-order valence-corrected chi connectivity index (χ0v) is 16.3. The molecule has 1 saturated carbocycles. The lowest BCUT2D eigenvalue weighted by atomic mass is 9.97. The number of nitrogens with one attached hydrogen (secondary N) is 2. The van der Waals surface area contributed by atoms with Crippen molar-refractivity contribution in [3.63, 3.8) is 0 Å². The van der Waals surface area contributed by atoms with Crippen molar-refractivity contribution in [2.45, 2.75) is 51.1 Å². The zero-order chi connectivity index (χ0) is 18.5. The van der Waals surface area contributed by atoms with Gasteiger partial charge in [0.2, 0.25) is 5.91 Å². The molecule has 2 unspecified atom stereocenters. The maximum absolute atomic E-state index is 12.2. The van der Waals surface area contributed by atoms with E-state index in [-0.39, 0.29) is 11.9 Å². The van der Waals surface area contributed by atoms with Crippen LogP contribution in [0.15, 0.2) is 24.3 Å². The van der Waals surface area contributed by atoms with E-state index in [2.05, 4.69) is 39.8 Å². The fraction of sp³-hybridized carbons (Fsp3) is 0.682. The lowest BCUT2D eigenvalue weighted by Crippen LogP contribution is -2.45. The van der Waals surface area contributed by atoms with Gasteiger partial charge < -0.3 is 15.4 Å². The summed E-state index contributed by atoms with van der Waals surface area (Å²) in [7, 11) is 0. The maximum Gasteiger partial charge on any atom is 0.237 e. The van der Waals surface area contributed by atoms with Crippen LogP contribution in [0.4, 0.5) is 0 Å². The van der Waals surface area contributed by atoms with Crippen molar-refractivity contribution in [3.05, 3.63) is 29.8 Å². The number of carbonyl (C=O) groups is 1. The normalized spacial score (nSPS) is 26.1. The van der Waals surface area contributed by atoms with Gasteiger partial charge in [0.1, 0.15) is 5.75 Å². The molecular formula is C22H33N3O2. The van der Waals surface area contributed by atoms with E-state index in [9.17, 15) is 4.79 Å². The van der Waals surface area contributed by atoms with E-state index in [4.69, 9.17) is 4.74 Å². The van der Waals surface area contributed by atoms with Crippen LogP contribution in [-0.2, 0) is 11.3 Å². The summed E-state index contributed by atoms with van der Waals surface area (Å²) in [6, 6.07) is 8.63. The first-order valence-electron chi connectivity index (χ1n) is 10.7. The molecule has 5 heteroatoms. The van der Waals surface area contributed by atoms with Gasteiger partial charge in [-0.3, -0.25) is 9.69 Å². The fourth-order valence-corrected chi connectivity index (χ4v) is 4.19. The monoisotopic (exact) mass is 371 g/mol. The van der Waals surface area contributed by atoms with Gasteiger partial charge in [-0.25, -0.2) is 0 Å². The highest BCUT2D eigenvalue weighted by Gasteiger charge is 2.25. The van der Waals surface area contributed by atoms with Gasteiger partial charge in [-0.2, -0.15) is 0 Å². The number of nitrogens with zero attached hydrogens (tertiary/aromatic N) is 1. The van der Waals surface area contributed by atoms with Crippen LogP contribution < -0.4 is 15.4 Å². The smallest absolute Gasteiger partial charge is 0.237 e. The Kier molecular flexibility index (Phi) is 6.30. The molecule has 148 valence electrons. The number of carbonyl (C=O) groups excluding carboxylic acids is 1. The third kappa shape index (κ3) is 5.69. The highest BCUT2D eigenvalue weighted by molar-refractivity contribution is 5.81. The first-order chi connectivity index (χ1) is 13.3. The van der Waals surface area contributed by atoms with Crippen LogP contribution in [0.5, 0.6) is 5.75 Å². The minimum Gasteiger partial charge on any atom is -0.493 e. The summed E-state index contributed by atoms with van der Waals surface area (Å²) >= 11 is 0. The molecule has 2 heterocycles. The molecule has 27 heavy (non-hydrogen) atoms. The summed E-state index contributed by atoms with van der Waals surface area (Å²) in [6.45, 7) is 5.85. The summed E-state index contributed by atoms with van der Waals surface area (Å²) in [4.78, 5) is 14.7. The van der Waals surface area contributed by atoms with Gasteiger partial charge in [0, 0.05) is 19.6 Å². The number of ether oxygens (including phenoxy) is 1. The number of piperidine rings is 1. The van der Waals surface area contributed by atoms with Crippen LogP contribution in [0.3, 0.4) is 0 Å². The highest BCUT2D eigenvalue weighted by Crippen LogP contribution is 2.29. The maximum atomic E-state index is 12.2. The minimum atomic E-state index is 0.0327. The van der Waals surface area contributed by atoms with Gasteiger partial charge in [-0.1, -0.05) is 12.1 Å². The van der Waals surface area contributed by atoms with E-state index in [1.165, 1.54) is 31.2 Å². The minimum absolute atomic E-state index is 0.0327. The molecule has 1 amide bonds. The summed E-state index contributed by atoms with van der Waals surface area (Å²) < 4.78 is 5.83. The molecule has 5 nitrogen and oxygen atoms in total. The van der Waals surface area contributed by atoms with Gasteiger partial charge in [0.25, 0.3) is 0 Å². The fourth-order valence-electron chi connectivity index (χ4n) is 4.19. The topological polar surface area (TPSA) is 53.6 Å². The molecule has 3 fully saturated rings. The first-order valence-corrected chi connectivity index (χ1v) is 10.7. The molecule has 0 bridgehead atoms. The second kappa shape index (κ2) is 9.07. The summed E-state index contributed by atoms with van der Waals surface area (Å²) in [5.41, 5.74) is 1.34. The molecular weight excluding hydrogens is 338 g/mol. The molecule has 2 atom stereocenters. The van der Waals surface area contributed by atoms with Crippen LogP contribution in [0, 0.1) is 11.8 Å². The molecule has 1 aromatic rings. The van der Waals surface area contributed by atoms with E-state index in [1.807, 2.05) is 0 Å². The average molecular weight is 372 g/mol. The lowest BCUT2D eigenvalue weighted by Gasteiger charge is -2.33. The Bertz CT molecular complexity index is 608. The Morgan fingerprint density at radius 3 is 2.70 bits per heavy atom. The number of benzene rings is 1. The predicted octanol–water partition coefficient (Wildman–Crippen LogP) is 2.56. The van der Waals surface area contributed by atoms with Gasteiger partial charge in [0.15, 0.2) is 0 Å². The molecule has 1 aromatic carbocycles. The van der Waals surface area contributed by atoms with E-state index >= 15 is 0 Å². The number of amides is 1. The third-order valence-electron chi connectivity index (χ3n) is 6.06. The van der Waals surface area contributed by atoms with Gasteiger partial charge >= 0.3 is 0 Å². The van der Waals surface area contributed by atoms with Crippen LogP contribution >= 0.6 is 0 Å². The van der Waals surface area contributed by atoms with Crippen LogP contribution in [0.25, 0.3) is 0 Å². The second-order valence-corrected chi connectivity index (χ2v) is 8.54. The molecule has 0 spiro atoms. The Morgan fingerprint density at radius 1 is 1.11 bits per heavy atom. The quantitative estimate of drug-likeness (QED) is 0.737. The van der Waals surface area contributed by atoms with E-state index in [1.54, 1.807) is 0 Å². The number of likely N-dealkylation sites (tertiary alicyclic amines) is 1. The van der Waals surface area contributed by atoms with Crippen molar-refractivity contribution in [2.24, 2.45) is 11.8 Å². The Hall–Kier alpha value is -1.59. The third-order valence-corrected chi connectivity index (χ3v) is 6.06. The molecule has 2 saturated heterocycles. The summed E-state index contributed by atoms with van der Waals surface area (Å²) in [5.74, 6) is 2.53. The zero-order valence-electron chi connectivity index (χ0n) is 16.3. The Balaban J connectivity index is 1.20. The van der Waals surface area contributed by atoms with Crippen molar-refractivity contribution in [1.29, 1.82) is 0 Å². The van der Waals surface area contributed by atoms with Crippen molar-refractivity contribution < 1.29 is 9.53 Å². The molecule has 2 aliphatic heterocycles. The van der Waals surface area contributed by atoms with Gasteiger partial charge in [-0.15, -0.1) is 0 Å². The molecule has 3 aliphatic rings. The van der Waals surface area contributed by atoms with Crippen molar-refractivity contribution in [3.8, 4) is 5.75 Å². The predicted molar refractivity (Wildman–Crippen MR) is 107 cm³/mol. The average Bonchev–Trinajstić information content (AvgIpc) is 3.36. The van der Waals surface area contributed by atoms with Crippen molar-refractivity contribution >= 4 is 5.91 Å². The molecule has 4 rings (SSSR count). The SMILES string of the molecule is O=C(NCC1CCCN(Cc2ccc(OCC3CC3)cc2)C1)C1CCCN1. The molecule has 2 N–H and O–H groups in total. The van der Waals surface area contributed by atoms with Crippen LogP contribution in [-0.4, -0.2) is 49.6 Å². The molecule has 1 aliphatic carbocycles. The summed E-state index contributed by atoms with van der Waals surface area (Å²) in [6.07, 6.45) is 7.16. The second-order valence-electron chi connectivity index (χ2n) is 8.54. The standard InChI is InChI=1S/C22H33N3O2/c26-22(21-4-1-11-23-21)24-13-19-3-2-12-25(15-19)14-17-7-9-20(10-8-17)27-16-18-5-6-18/h7-10,18-19,21,23H,1-6,11-16H2,(H,24,26). The highest BCUT2D eigenvalue weighted by atomic mass is 16.5. The van der Waals surface area contributed by atoms with E-state index < -0.39 is 0 Å². The lowest BCUT2D eigenvalue weighted by molar-refractivity contribution is -0.123. The summed E-state index contributed by atoms with van der Waals surface area (Å²) in [5, 5.41) is 6.45. The molecule has 0 radical (unpaired) electrons. The Morgan fingerprint density at radius 2 is 1.96 bits per heavy atom. The first kappa shape index (κ1) is 18.8. The van der Waals surface area contributed by atoms with Crippen molar-refractivity contribution in [1.82, 2.24) is 15.5 Å². The van der Waals surface area contributed by atoms with Gasteiger partial charge in [0.05, 0.1) is 12.6 Å².